The van der Waals surface area contributed by atoms with Crippen molar-refractivity contribution in [3.8, 4) is 23.0 Å². The lowest BCUT2D eigenvalue weighted by atomic mass is 10.2. The molecule has 22 heavy (non-hydrogen) atoms. The Morgan fingerprint density at radius 2 is 1.86 bits per heavy atom. The second-order valence-electron chi connectivity index (χ2n) is 4.78. The predicted molar refractivity (Wildman–Crippen MR) is 79.5 cm³/mol. The number of aryl methyl sites for hydroxylation is 1. The van der Waals surface area contributed by atoms with E-state index >= 15 is 0 Å². The molecule has 1 aromatic carbocycles. The van der Waals surface area contributed by atoms with E-state index < -0.39 is 0 Å². The van der Waals surface area contributed by atoms with Crippen molar-refractivity contribution >= 4 is 5.65 Å². The molecule has 3 heterocycles. The summed E-state index contributed by atoms with van der Waals surface area (Å²) >= 11 is 0. The van der Waals surface area contributed by atoms with Crippen LogP contribution in [0.4, 0.5) is 0 Å². The molecule has 108 valence electrons. The minimum Gasteiger partial charge on any atom is -0.434 e. The summed E-state index contributed by atoms with van der Waals surface area (Å²) in [4.78, 5) is 0. The summed E-state index contributed by atoms with van der Waals surface area (Å²) in [7, 11) is 1.83. The number of ether oxygens (including phenoxy) is 1. The molecule has 0 bridgehead atoms. The van der Waals surface area contributed by atoms with Crippen molar-refractivity contribution in [2.45, 2.75) is 0 Å². The Morgan fingerprint density at radius 1 is 1.00 bits per heavy atom. The largest absolute Gasteiger partial charge is 0.434 e. The third-order valence-electron chi connectivity index (χ3n) is 3.17. The molecule has 7 heteroatoms. The van der Waals surface area contributed by atoms with Crippen molar-refractivity contribution in [1.29, 1.82) is 0 Å². The van der Waals surface area contributed by atoms with Crippen LogP contribution < -0.4 is 4.74 Å². The number of benzene rings is 1. The van der Waals surface area contributed by atoms with Gasteiger partial charge >= 0.3 is 0 Å². The molecule has 0 unspecified atom stereocenters. The van der Waals surface area contributed by atoms with Crippen LogP contribution in [-0.2, 0) is 7.05 Å². The van der Waals surface area contributed by atoms with Gasteiger partial charge in [0.1, 0.15) is 0 Å². The van der Waals surface area contributed by atoms with E-state index in [0.717, 1.165) is 5.56 Å². The van der Waals surface area contributed by atoms with Gasteiger partial charge in [-0.1, -0.05) is 30.3 Å². The first-order valence-electron chi connectivity index (χ1n) is 6.74. The number of hydrogen-bond donors (Lipinski definition) is 0. The molecule has 3 aromatic heterocycles. The van der Waals surface area contributed by atoms with E-state index in [1.165, 1.54) is 0 Å². The number of nitrogens with zero attached hydrogens (tertiary/aromatic N) is 6. The van der Waals surface area contributed by atoms with E-state index in [-0.39, 0.29) is 0 Å². The zero-order valence-corrected chi connectivity index (χ0v) is 11.8. The Labute approximate surface area is 125 Å². The standard InChI is InChI=1S/C15H12N6O/c1-20-10-12(9-16-20)22-14-8-7-13-17-18-15(21(13)19-14)11-5-3-2-4-6-11/h2-10H,1H3. The Bertz CT molecular complexity index is 928. The molecule has 0 aliphatic carbocycles. The van der Waals surface area contributed by atoms with Crippen molar-refractivity contribution in [1.82, 2.24) is 29.6 Å². The summed E-state index contributed by atoms with van der Waals surface area (Å²) in [6, 6.07) is 13.4. The molecule has 4 aromatic rings. The zero-order valence-electron chi connectivity index (χ0n) is 11.8. The smallest absolute Gasteiger partial charge is 0.237 e. The van der Waals surface area contributed by atoms with Crippen LogP contribution in [0, 0.1) is 0 Å². The quantitative estimate of drug-likeness (QED) is 0.579. The van der Waals surface area contributed by atoms with Crippen LogP contribution in [0.3, 0.4) is 0 Å². The van der Waals surface area contributed by atoms with Gasteiger partial charge in [-0.3, -0.25) is 4.68 Å². The van der Waals surface area contributed by atoms with Crippen molar-refractivity contribution in [3.05, 3.63) is 54.9 Å². The van der Waals surface area contributed by atoms with Crippen LogP contribution in [0.25, 0.3) is 17.0 Å². The third kappa shape index (κ3) is 2.18. The fourth-order valence-corrected chi connectivity index (χ4v) is 2.17. The van der Waals surface area contributed by atoms with E-state index in [9.17, 15) is 0 Å². The Morgan fingerprint density at radius 3 is 2.64 bits per heavy atom. The molecule has 7 nitrogen and oxygen atoms in total. The van der Waals surface area contributed by atoms with Gasteiger partial charge in [-0.2, -0.15) is 9.61 Å². The maximum atomic E-state index is 5.70. The lowest BCUT2D eigenvalue weighted by Gasteiger charge is -2.03. The van der Waals surface area contributed by atoms with Gasteiger partial charge in [0.25, 0.3) is 0 Å². The monoisotopic (exact) mass is 292 g/mol. The molecule has 0 amide bonds. The molecular weight excluding hydrogens is 280 g/mol. The number of fused-ring (bicyclic) bond motifs is 1. The Kier molecular flexibility index (Phi) is 2.82. The summed E-state index contributed by atoms with van der Waals surface area (Å²) in [6.07, 6.45) is 3.41. The lowest BCUT2D eigenvalue weighted by Crippen LogP contribution is -1.97. The summed E-state index contributed by atoms with van der Waals surface area (Å²) in [5, 5.41) is 16.8. The maximum absolute atomic E-state index is 5.70. The second-order valence-corrected chi connectivity index (χ2v) is 4.78. The highest BCUT2D eigenvalue weighted by atomic mass is 16.5. The molecule has 0 saturated carbocycles. The van der Waals surface area contributed by atoms with E-state index in [1.807, 2.05) is 43.4 Å². The fourth-order valence-electron chi connectivity index (χ4n) is 2.17. The molecule has 0 aliphatic heterocycles. The molecule has 0 atom stereocenters. The average molecular weight is 292 g/mol. The topological polar surface area (TPSA) is 70.1 Å². The zero-order chi connectivity index (χ0) is 14.9. The first kappa shape index (κ1) is 12.5. The summed E-state index contributed by atoms with van der Waals surface area (Å²) in [6.45, 7) is 0. The molecule has 0 N–H and O–H groups in total. The second kappa shape index (κ2) is 4.96. The maximum Gasteiger partial charge on any atom is 0.237 e. The highest BCUT2D eigenvalue weighted by Gasteiger charge is 2.10. The number of aromatic nitrogens is 6. The molecule has 0 fully saturated rings. The van der Waals surface area contributed by atoms with Crippen molar-refractivity contribution in [3.63, 3.8) is 0 Å². The van der Waals surface area contributed by atoms with E-state index in [4.69, 9.17) is 4.74 Å². The average Bonchev–Trinajstić information content (AvgIpc) is 3.14. The predicted octanol–water partition coefficient (Wildman–Crippen LogP) is 2.32. The van der Waals surface area contributed by atoms with Gasteiger partial charge in [0.05, 0.1) is 12.4 Å². The minimum atomic E-state index is 0.456. The van der Waals surface area contributed by atoms with Crippen molar-refractivity contribution in [2.24, 2.45) is 7.05 Å². The third-order valence-corrected chi connectivity index (χ3v) is 3.17. The minimum absolute atomic E-state index is 0.456. The molecule has 0 saturated heterocycles. The first-order valence-corrected chi connectivity index (χ1v) is 6.74. The van der Waals surface area contributed by atoms with E-state index in [0.29, 0.717) is 23.1 Å². The molecular formula is C15H12N6O. The summed E-state index contributed by atoms with van der Waals surface area (Å²) in [5.74, 6) is 1.76. The van der Waals surface area contributed by atoms with Crippen LogP contribution in [0.2, 0.25) is 0 Å². The van der Waals surface area contributed by atoms with Crippen LogP contribution >= 0.6 is 0 Å². The van der Waals surface area contributed by atoms with Crippen molar-refractivity contribution in [2.75, 3.05) is 0 Å². The van der Waals surface area contributed by atoms with Gasteiger partial charge in [0.2, 0.25) is 5.88 Å². The van der Waals surface area contributed by atoms with Gasteiger partial charge in [-0.25, -0.2) is 0 Å². The van der Waals surface area contributed by atoms with Gasteiger partial charge in [0, 0.05) is 18.7 Å². The molecule has 0 aliphatic rings. The normalized spacial score (nSPS) is 11.0. The van der Waals surface area contributed by atoms with E-state index in [1.54, 1.807) is 27.7 Å². The van der Waals surface area contributed by atoms with Gasteiger partial charge in [-0.05, 0) is 6.07 Å². The summed E-state index contributed by atoms with van der Waals surface area (Å²) < 4.78 is 9.03. The number of hydrogen-bond acceptors (Lipinski definition) is 5. The Hall–Kier alpha value is -3.22. The number of rotatable bonds is 3. The van der Waals surface area contributed by atoms with Crippen molar-refractivity contribution < 1.29 is 4.74 Å². The first-order chi connectivity index (χ1) is 10.8. The van der Waals surface area contributed by atoms with Crippen LogP contribution in [0.5, 0.6) is 11.6 Å². The van der Waals surface area contributed by atoms with Crippen LogP contribution in [0.15, 0.2) is 54.9 Å². The lowest BCUT2D eigenvalue weighted by molar-refractivity contribution is 0.452. The molecule has 4 rings (SSSR count). The highest BCUT2D eigenvalue weighted by molar-refractivity contribution is 5.58. The molecule has 0 spiro atoms. The molecule has 0 radical (unpaired) electrons. The van der Waals surface area contributed by atoms with Crippen LogP contribution in [-0.4, -0.2) is 29.6 Å². The summed E-state index contributed by atoms with van der Waals surface area (Å²) in [5.41, 5.74) is 1.61. The highest BCUT2D eigenvalue weighted by Crippen LogP contribution is 2.21. The van der Waals surface area contributed by atoms with Gasteiger partial charge in [-0.15, -0.1) is 15.3 Å². The van der Waals surface area contributed by atoms with E-state index in [2.05, 4.69) is 20.4 Å². The fraction of sp³-hybridized carbons (Fsp3) is 0.0667. The van der Waals surface area contributed by atoms with Crippen LogP contribution in [0.1, 0.15) is 0 Å². The SMILES string of the molecule is Cn1cc(Oc2ccc3nnc(-c4ccccc4)n3n2)cn1. The van der Waals surface area contributed by atoms with Gasteiger partial charge < -0.3 is 4.74 Å². The van der Waals surface area contributed by atoms with Gasteiger partial charge in [0.15, 0.2) is 17.2 Å². The Balaban J connectivity index is 1.76.